The van der Waals surface area contributed by atoms with Crippen molar-refractivity contribution in [3.05, 3.63) is 75.3 Å². The minimum absolute atomic E-state index is 0.140. The summed E-state index contributed by atoms with van der Waals surface area (Å²) in [4.78, 5) is 30.1. The second-order valence-corrected chi connectivity index (χ2v) is 9.69. The van der Waals surface area contributed by atoms with Gasteiger partial charge in [-0.25, -0.2) is 0 Å². The number of likely N-dealkylation sites (tertiary alicyclic amines) is 1. The number of amides is 1. The summed E-state index contributed by atoms with van der Waals surface area (Å²) in [6.07, 6.45) is 0. The van der Waals surface area contributed by atoms with E-state index in [1.807, 2.05) is 24.3 Å². The fourth-order valence-electron chi connectivity index (χ4n) is 4.36. The van der Waals surface area contributed by atoms with Gasteiger partial charge in [0, 0.05) is 36.2 Å². The number of nitrogens with zero attached hydrogens (tertiary/aromatic N) is 2. The van der Waals surface area contributed by atoms with Gasteiger partial charge in [-0.1, -0.05) is 66.2 Å². The van der Waals surface area contributed by atoms with E-state index in [4.69, 9.17) is 4.74 Å². The Kier molecular flexibility index (Phi) is 7.32. The van der Waals surface area contributed by atoms with Crippen molar-refractivity contribution >= 4 is 33.4 Å². The maximum absolute atomic E-state index is 13.2. The molecule has 0 aliphatic carbocycles. The standard InChI is InChI=1S/C26H29BrN2O4/c1-17(2)18-3-5-19(6-4-18)23-22(24(30)20-7-9-21(27)10-8-20)25(31)26(32)29(23)12-11-28-13-15-33-16-14-28/h3-10,17,23,30H,11-16H2,1-2H3/b24-22+. The van der Waals surface area contributed by atoms with Gasteiger partial charge in [-0.15, -0.1) is 0 Å². The lowest BCUT2D eigenvalue weighted by atomic mass is 9.93. The van der Waals surface area contributed by atoms with Gasteiger partial charge in [-0.2, -0.15) is 0 Å². The second kappa shape index (κ2) is 10.2. The molecule has 1 unspecified atom stereocenters. The lowest BCUT2D eigenvalue weighted by Crippen LogP contribution is -2.42. The van der Waals surface area contributed by atoms with Gasteiger partial charge >= 0.3 is 0 Å². The van der Waals surface area contributed by atoms with Gasteiger partial charge in [-0.3, -0.25) is 14.5 Å². The third-order valence-corrected chi connectivity index (χ3v) is 6.87. The molecule has 7 heteroatoms. The summed E-state index contributed by atoms with van der Waals surface area (Å²) in [5.41, 5.74) is 2.64. The van der Waals surface area contributed by atoms with E-state index in [0.717, 1.165) is 23.1 Å². The van der Waals surface area contributed by atoms with E-state index in [0.29, 0.717) is 37.8 Å². The number of carbonyl (C=O) groups is 2. The normalized spacial score (nSPS) is 21.2. The van der Waals surface area contributed by atoms with E-state index in [9.17, 15) is 14.7 Å². The van der Waals surface area contributed by atoms with Crippen LogP contribution in [0, 0.1) is 0 Å². The molecule has 2 aliphatic heterocycles. The van der Waals surface area contributed by atoms with Gasteiger partial charge in [-0.05, 0) is 29.2 Å². The summed E-state index contributed by atoms with van der Waals surface area (Å²) in [6.45, 7) is 8.24. The zero-order valence-corrected chi connectivity index (χ0v) is 20.5. The van der Waals surface area contributed by atoms with Crippen molar-refractivity contribution in [2.45, 2.75) is 25.8 Å². The maximum Gasteiger partial charge on any atom is 0.295 e. The molecule has 2 heterocycles. The van der Waals surface area contributed by atoms with Gasteiger partial charge < -0.3 is 14.7 Å². The summed E-state index contributed by atoms with van der Waals surface area (Å²) in [7, 11) is 0. The van der Waals surface area contributed by atoms with Crippen LogP contribution in [-0.4, -0.2) is 66.0 Å². The van der Waals surface area contributed by atoms with Crippen LogP contribution in [0.15, 0.2) is 58.6 Å². The van der Waals surface area contributed by atoms with Crippen LogP contribution in [0.25, 0.3) is 5.76 Å². The van der Waals surface area contributed by atoms with Gasteiger partial charge in [0.05, 0.1) is 24.8 Å². The third kappa shape index (κ3) is 5.05. The molecule has 2 saturated heterocycles. The molecule has 4 rings (SSSR count). The van der Waals surface area contributed by atoms with Crippen molar-refractivity contribution < 1.29 is 19.4 Å². The fourth-order valence-corrected chi connectivity index (χ4v) is 4.62. The molecule has 174 valence electrons. The fraction of sp³-hybridized carbons (Fsp3) is 0.385. The number of halogens is 1. The highest BCUT2D eigenvalue weighted by atomic mass is 79.9. The van der Waals surface area contributed by atoms with Crippen LogP contribution < -0.4 is 0 Å². The smallest absolute Gasteiger partial charge is 0.295 e. The minimum atomic E-state index is -0.643. The van der Waals surface area contributed by atoms with Gasteiger partial charge in [0.15, 0.2) is 0 Å². The molecule has 0 bridgehead atoms. The quantitative estimate of drug-likeness (QED) is 0.354. The Hall–Kier alpha value is -2.48. The number of benzene rings is 2. The first kappa shape index (κ1) is 23.7. The Morgan fingerprint density at radius 3 is 2.27 bits per heavy atom. The zero-order valence-electron chi connectivity index (χ0n) is 19.0. The van der Waals surface area contributed by atoms with E-state index >= 15 is 0 Å². The Morgan fingerprint density at radius 2 is 1.67 bits per heavy atom. The van der Waals surface area contributed by atoms with Crippen LogP contribution in [0.1, 0.15) is 42.5 Å². The Labute approximate surface area is 203 Å². The summed E-state index contributed by atoms with van der Waals surface area (Å²) in [6, 6.07) is 14.4. The largest absolute Gasteiger partial charge is 0.507 e. The van der Waals surface area contributed by atoms with Crippen LogP contribution in [-0.2, 0) is 14.3 Å². The molecular formula is C26H29BrN2O4. The highest BCUT2D eigenvalue weighted by molar-refractivity contribution is 9.10. The van der Waals surface area contributed by atoms with Crippen LogP contribution >= 0.6 is 15.9 Å². The van der Waals surface area contributed by atoms with Gasteiger partial charge in [0.1, 0.15) is 5.76 Å². The number of hydrogen-bond acceptors (Lipinski definition) is 5. The number of ketones is 1. The van der Waals surface area contributed by atoms with Crippen LogP contribution in [0.2, 0.25) is 0 Å². The van der Waals surface area contributed by atoms with Crippen molar-refractivity contribution in [2.24, 2.45) is 0 Å². The average molecular weight is 513 g/mol. The maximum atomic E-state index is 13.2. The number of carbonyl (C=O) groups excluding carboxylic acids is 2. The van der Waals surface area contributed by atoms with Crippen molar-refractivity contribution in [3.63, 3.8) is 0 Å². The first-order valence-electron chi connectivity index (χ1n) is 11.3. The molecular weight excluding hydrogens is 484 g/mol. The average Bonchev–Trinajstić information content (AvgIpc) is 3.08. The lowest BCUT2D eigenvalue weighted by Gasteiger charge is -2.31. The summed E-state index contributed by atoms with van der Waals surface area (Å²) >= 11 is 3.39. The monoisotopic (exact) mass is 512 g/mol. The number of Topliss-reactive ketones (excluding diaryl/α,β-unsaturated/α-hetero) is 1. The van der Waals surface area contributed by atoms with E-state index in [-0.39, 0.29) is 11.3 Å². The molecule has 0 aromatic heterocycles. The van der Waals surface area contributed by atoms with Crippen molar-refractivity contribution in [3.8, 4) is 0 Å². The molecule has 2 aromatic rings. The van der Waals surface area contributed by atoms with Crippen LogP contribution in [0.4, 0.5) is 0 Å². The molecule has 1 atom stereocenters. The van der Waals surface area contributed by atoms with Crippen molar-refractivity contribution in [1.29, 1.82) is 0 Å². The molecule has 1 N–H and O–H groups in total. The molecule has 2 fully saturated rings. The number of hydrogen-bond donors (Lipinski definition) is 1. The predicted octanol–water partition coefficient (Wildman–Crippen LogP) is 4.33. The number of aliphatic hydroxyl groups excluding tert-OH is 1. The molecule has 2 aromatic carbocycles. The Morgan fingerprint density at radius 1 is 1.03 bits per heavy atom. The van der Waals surface area contributed by atoms with Crippen LogP contribution in [0.5, 0.6) is 0 Å². The molecule has 2 aliphatic rings. The first-order chi connectivity index (χ1) is 15.9. The molecule has 0 saturated carbocycles. The van der Waals surface area contributed by atoms with E-state index < -0.39 is 17.7 Å². The van der Waals surface area contributed by atoms with Crippen molar-refractivity contribution in [1.82, 2.24) is 9.80 Å². The Balaban J connectivity index is 1.73. The molecule has 0 spiro atoms. The summed E-state index contributed by atoms with van der Waals surface area (Å²) in [5, 5.41) is 11.1. The van der Waals surface area contributed by atoms with Crippen LogP contribution in [0.3, 0.4) is 0 Å². The number of ether oxygens (including phenoxy) is 1. The summed E-state index contributed by atoms with van der Waals surface area (Å²) in [5.74, 6) is -0.989. The van der Waals surface area contributed by atoms with Gasteiger partial charge in [0.25, 0.3) is 11.7 Å². The van der Waals surface area contributed by atoms with E-state index in [2.05, 4.69) is 34.7 Å². The topological polar surface area (TPSA) is 70.1 Å². The zero-order chi connectivity index (χ0) is 23.5. The Bertz CT molecular complexity index is 1040. The molecule has 6 nitrogen and oxygen atoms in total. The highest BCUT2D eigenvalue weighted by Crippen LogP contribution is 2.39. The lowest BCUT2D eigenvalue weighted by molar-refractivity contribution is -0.140. The molecule has 1 amide bonds. The number of morpholine rings is 1. The number of rotatable bonds is 6. The van der Waals surface area contributed by atoms with Gasteiger partial charge in [0.2, 0.25) is 0 Å². The van der Waals surface area contributed by atoms with E-state index in [1.54, 1.807) is 29.2 Å². The third-order valence-electron chi connectivity index (χ3n) is 6.34. The highest BCUT2D eigenvalue weighted by Gasteiger charge is 2.46. The van der Waals surface area contributed by atoms with Crippen molar-refractivity contribution in [2.75, 3.05) is 39.4 Å². The minimum Gasteiger partial charge on any atom is -0.507 e. The first-order valence-corrected chi connectivity index (χ1v) is 12.1. The SMILES string of the molecule is CC(C)c1ccc(C2/C(=C(\O)c3ccc(Br)cc3)C(=O)C(=O)N2CCN2CCOCC2)cc1. The second-order valence-electron chi connectivity index (χ2n) is 8.77. The van der Waals surface area contributed by atoms with E-state index in [1.165, 1.54) is 5.56 Å². The summed E-state index contributed by atoms with van der Waals surface area (Å²) < 4.78 is 6.28. The molecule has 0 radical (unpaired) electrons. The predicted molar refractivity (Wildman–Crippen MR) is 131 cm³/mol. The molecule has 33 heavy (non-hydrogen) atoms. The number of aliphatic hydroxyl groups is 1.